The summed E-state index contributed by atoms with van der Waals surface area (Å²) in [5, 5.41) is 0. The molecule has 0 aromatic carbocycles. The molecule has 3 heteroatoms. The number of hydrogen-bond donors (Lipinski definition) is 0. The lowest BCUT2D eigenvalue weighted by Gasteiger charge is -2.05. The molecule has 1 aliphatic carbocycles. The van der Waals surface area contributed by atoms with Crippen molar-refractivity contribution < 1.29 is 9.08 Å². The molecule has 0 heterocycles. The average molecular weight is 191 g/mol. The molecule has 0 unspecified atom stereocenters. The van der Waals surface area contributed by atoms with Crippen molar-refractivity contribution in [3.05, 3.63) is 12.7 Å². The van der Waals surface area contributed by atoms with Gasteiger partial charge in [0.05, 0.1) is 0 Å². The van der Waals surface area contributed by atoms with Crippen molar-refractivity contribution in [2.75, 3.05) is 0 Å². The maximum Gasteiger partial charge on any atom is 0.348 e. The molecule has 0 aromatic heterocycles. The third-order valence-corrected chi connectivity index (χ3v) is 1.89. The van der Waals surface area contributed by atoms with Gasteiger partial charge in [-0.2, -0.15) is 0 Å². The molecule has 1 saturated carbocycles. The van der Waals surface area contributed by atoms with E-state index >= 15 is 0 Å². The van der Waals surface area contributed by atoms with Crippen molar-refractivity contribution in [3.8, 4) is 0 Å². The molecular weight excluding hydrogens is 176 g/mol. The van der Waals surface area contributed by atoms with E-state index < -0.39 is 5.97 Å². The lowest BCUT2D eigenvalue weighted by molar-refractivity contribution is -0.128. The van der Waals surface area contributed by atoms with Gasteiger partial charge in [-0.25, -0.2) is 4.79 Å². The second-order valence-corrected chi connectivity index (χ2v) is 2.88. The van der Waals surface area contributed by atoms with Gasteiger partial charge < -0.3 is 4.29 Å². The van der Waals surface area contributed by atoms with Crippen LogP contribution in [0.15, 0.2) is 12.7 Å². The second kappa shape index (κ2) is 8.60. The first-order chi connectivity index (χ1) is 5.81. The maximum atomic E-state index is 9.71. The Bertz CT molecular complexity index is 119. The molecule has 2 nitrogen and oxygen atoms in total. The van der Waals surface area contributed by atoms with Crippen LogP contribution in [0.3, 0.4) is 0 Å². The summed E-state index contributed by atoms with van der Waals surface area (Å²) in [5.41, 5.74) is 0. The van der Waals surface area contributed by atoms with Crippen LogP contribution in [0.2, 0.25) is 0 Å². The molecule has 70 valence electrons. The van der Waals surface area contributed by atoms with Gasteiger partial charge in [0.25, 0.3) is 0 Å². The lowest BCUT2D eigenvalue weighted by atomic mass is 10.0. The van der Waals surface area contributed by atoms with Crippen LogP contribution in [0.4, 0.5) is 0 Å². The molecule has 1 fully saturated rings. The van der Waals surface area contributed by atoms with Gasteiger partial charge in [-0.3, -0.25) is 0 Å². The summed E-state index contributed by atoms with van der Waals surface area (Å²) in [5.74, 6) is -0.628. The fourth-order valence-electron chi connectivity index (χ4n) is 1.09. The quantitative estimate of drug-likeness (QED) is 0.594. The minimum atomic E-state index is -0.628. The van der Waals surface area contributed by atoms with Crippen molar-refractivity contribution in [1.82, 2.24) is 0 Å². The van der Waals surface area contributed by atoms with Crippen LogP contribution in [0.5, 0.6) is 0 Å². The van der Waals surface area contributed by atoms with Crippen molar-refractivity contribution in [1.29, 1.82) is 0 Å². The van der Waals surface area contributed by atoms with Crippen LogP contribution in [0.25, 0.3) is 0 Å². The predicted molar refractivity (Wildman–Crippen MR) is 49.8 cm³/mol. The van der Waals surface area contributed by atoms with Crippen molar-refractivity contribution in [2.24, 2.45) is 0 Å². The summed E-state index contributed by atoms with van der Waals surface area (Å²) in [6, 6.07) is 0. The molecule has 0 radical (unpaired) electrons. The third kappa shape index (κ3) is 7.61. The number of carbonyl (C=O) groups is 1. The molecule has 0 amide bonds. The summed E-state index contributed by atoms with van der Waals surface area (Å²) in [4.78, 5) is 9.71. The van der Waals surface area contributed by atoms with Gasteiger partial charge in [-0.1, -0.05) is 45.1 Å². The molecule has 0 aliphatic heterocycles. The van der Waals surface area contributed by atoms with E-state index in [4.69, 9.17) is 0 Å². The smallest absolute Gasteiger partial charge is 0.344 e. The zero-order chi connectivity index (χ0) is 9.23. The Balaban J connectivity index is 0.000000202. The SMILES string of the molecule is C1CCCCC1.C=CC(=O)OCl. The highest BCUT2D eigenvalue weighted by Crippen LogP contribution is 2.15. The van der Waals surface area contributed by atoms with E-state index in [1.165, 1.54) is 38.5 Å². The van der Waals surface area contributed by atoms with Crippen LogP contribution < -0.4 is 0 Å². The molecule has 0 saturated heterocycles. The summed E-state index contributed by atoms with van der Waals surface area (Å²) >= 11 is 4.53. The van der Waals surface area contributed by atoms with E-state index in [1.54, 1.807) is 0 Å². The molecule has 0 bridgehead atoms. The van der Waals surface area contributed by atoms with Gasteiger partial charge in [0.15, 0.2) is 0 Å². The fraction of sp³-hybridized carbons (Fsp3) is 0.667. The summed E-state index contributed by atoms with van der Waals surface area (Å²) in [6.45, 7) is 3.07. The lowest BCUT2D eigenvalue weighted by Crippen LogP contribution is -1.86. The molecule has 1 aliphatic rings. The monoisotopic (exact) mass is 190 g/mol. The van der Waals surface area contributed by atoms with E-state index in [1.807, 2.05) is 0 Å². The highest BCUT2D eigenvalue weighted by molar-refractivity contribution is 6.14. The number of carbonyl (C=O) groups excluding carboxylic acids is 1. The summed E-state index contributed by atoms with van der Waals surface area (Å²) < 4.78 is 3.61. The Hall–Kier alpha value is -0.500. The summed E-state index contributed by atoms with van der Waals surface area (Å²) in [6.07, 6.45) is 9.98. The van der Waals surface area contributed by atoms with Gasteiger partial charge in [-0.05, 0) is 0 Å². The topological polar surface area (TPSA) is 26.3 Å². The van der Waals surface area contributed by atoms with Crippen LogP contribution in [-0.2, 0) is 9.08 Å². The highest BCUT2D eigenvalue weighted by atomic mass is 35.5. The Kier molecular flexibility index (Phi) is 8.24. The van der Waals surface area contributed by atoms with Gasteiger partial charge >= 0.3 is 5.97 Å². The minimum absolute atomic E-state index is 0.628. The first-order valence-electron chi connectivity index (χ1n) is 4.26. The standard InChI is InChI=1S/C6H12.C3H3ClO2/c1-2-4-6-5-3-1;1-2-3(5)6-4/h1-6H2;2H,1H2. The van der Waals surface area contributed by atoms with E-state index in [9.17, 15) is 4.79 Å². The highest BCUT2D eigenvalue weighted by Gasteiger charge is 1.95. The first kappa shape index (κ1) is 11.5. The normalized spacial score (nSPS) is 15.4. The number of rotatable bonds is 1. The molecule has 1 rings (SSSR count). The number of halogens is 1. The van der Waals surface area contributed by atoms with Crippen molar-refractivity contribution in [3.63, 3.8) is 0 Å². The Labute approximate surface area is 78.7 Å². The minimum Gasteiger partial charge on any atom is -0.344 e. The van der Waals surface area contributed by atoms with E-state index in [0.717, 1.165) is 6.08 Å². The number of hydrogen-bond acceptors (Lipinski definition) is 2. The Morgan fingerprint density at radius 3 is 1.58 bits per heavy atom. The first-order valence-corrected chi connectivity index (χ1v) is 4.57. The Morgan fingerprint density at radius 2 is 1.50 bits per heavy atom. The van der Waals surface area contributed by atoms with Gasteiger partial charge in [0, 0.05) is 6.08 Å². The largest absolute Gasteiger partial charge is 0.348 e. The van der Waals surface area contributed by atoms with E-state index in [-0.39, 0.29) is 0 Å². The average Bonchev–Trinajstić information content (AvgIpc) is 2.20. The summed E-state index contributed by atoms with van der Waals surface area (Å²) in [7, 11) is 0. The maximum absolute atomic E-state index is 9.71. The molecule has 12 heavy (non-hydrogen) atoms. The van der Waals surface area contributed by atoms with E-state index in [2.05, 4.69) is 22.7 Å². The van der Waals surface area contributed by atoms with E-state index in [0.29, 0.717) is 0 Å². The zero-order valence-electron chi connectivity index (χ0n) is 7.22. The molecule has 0 spiro atoms. The zero-order valence-corrected chi connectivity index (χ0v) is 7.98. The van der Waals surface area contributed by atoms with Crippen LogP contribution in [0.1, 0.15) is 38.5 Å². The van der Waals surface area contributed by atoms with Crippen molar-refractivity contribution >= 4 is 17.8 Å². The second-order valence-electron chi connectivity index (χ2n) is 2.72. The van der Waals surface area contributed by atoms with Gasteiger partial charge in [-0.15, -0.1) is 0 Å². The van der Waals surface area contributed by atoms with Crippen LogP contribution in [-0.4, -0.2) is 5.97 Å². The molecular formula is C9H15ClO2. The molecule has 0 aromatic rings. The third-order valence-electron chi connectivity index (χ3n) is 1.74. The predicted octanol–water partition coefficient (Wildman–Crippen LogP) is 3.21. The van der Waals surface area contributed by atoms with Gasteiger partial charge in [0.1, 0.15) is 11.9 Å². The molecule has 0 N–H and O–H groups in total. The van der Waals surface area contributed by atoms with Gasteiger partial charge in [0.2, 0.25) is 0 Å². The molecule has 0 atom stereocenters. The van der Waals surface area contributed by atoms with Crippen molar-refractivity contribution in [2.45, 2.75) is 38.5 Å². The van der Waals surface area contributed by atoms with Crippen LogP contribution >= 0.6 is 11.9 Å². The Morgan fingerprint density at radius 1 is 1.17 bits per heavy atom. The fourth-order valence-corrected chi connectivity index (χ4v) is 1.16. The van der Waals surface area contributed by atoms with Crippen LogP contribution in [0, 0.1) is 0 Å².